The number of hydrazine groups is 1. The molecule has 0 radical (unpaired) electrons. The third-order valence-electron chi connectivity index (χ3n) is 3.61. The van der Waals surface area contributed by atoms with Gasteiger partial charge in [0.2, 0.25) is 5.91 Å². The van der Waals surface area contributed by atoms with Gasteiger partial charge < -0.3 is 5.32 Å². The molecule has 21 heavy (non-hydrogen) atoms. The maximum Gasteiger partial charge on any atom is 0.251 e. The second kappa shape index (κ2) is 6.39. The number of carbonyl (C=O) groups excluding carboxylic acids is 3. The Balaban J connectivity index is 1.96. The molecule has 0 aliphatic carbocycles. The monoisotopic (exact) mass is 289 g/mol. The molecule has 2 rings (SSSR count). The Bertz CT molecular complexity index is 568. The van der Waals surface area contributed by atoms with Crippen LogP contribution in [-0.4, -0.2) is 17.7 Å². The molecule has 6 nitrogen and oxygen atoms in total. The first-order chi connectivity index (χ1) is 10.0. The lowest BCUT2D eigenvalue weighted by atomic mass is 10.0. The highest BCUT2D eigenvalue weighted by atomic mass is 16.2. The van der Waals surface area contributed by atoms with Crippen LogP contribution >= 0.6 is 0 Å². The molecule has 1 saturated heterocycles. The summed E-state index contributed by atoms with van der Waals surface area (Å²) < 4.78 is 0. The number of aryl methyl sites for hydroxylation is 2. The molecule has 1 aromatic rings. The van der Waals surface area contributed by atoms with Crippen molar-refractivity contribution in [1.82, 2.24) is 10.9 Å². The van der Waals surface area contributed by atoms with Crippen LogP contribution in [0, 0.1) is 12.8 Å². The molecule has 112 valence electrons. The fraction of sp³-hybridized carbons (Fsp3) is 0.400. The van der Waals surface area contributed by atoms with Crippen molar-refractivity contribution in [2.24, 2.45) is 5.92 Å². The summed E-state index contributed by atoms with van der Waals surface area (Å²) in [5, 5.41) is 2.88. The third-order valence-corrected chi connectivity index (χ3v) is 3.61. The number of nitrogens with one attached hydrogen (secondary N) is 3. The van der Waals surface area contributed by atoms with E-state index in [1.807, 2.05) is 32.0 Å². The first-order valence-electron chi connectivity index (χ1n) is 7.01. The highest BCUT2D eigenvalue weighted by molar-refractivity contribution is 6.05. The fourth-order valence-corrected chi connectivity index (χ4v) is 2.36. The highest BCUT2D eigenvalue weighted by Crippen LogP contribution is 2.21. The number of anilines is 1. The molecular weight excluding hydrogens is 270 g/mol. The van der Waals surface area contributed by atoms with Gasteiger partial charge in [-0.2, -0.15) is 0 Å². The van der Waals surface area contributed by atoms with Gasteiger partial charge in [-0.25, -0.2) is 0 Å². The predicted octanol–water partition coefficient (Wildman–Crippen LogP) is 1.05. The SMILES string of the molecule is CCc1cccc(C)c1NC(=O)CCC1C(=O)NNC1=O. The smallest absolute Gasteiger partial charge is 0.251 e. The number of carbonyl (C=O) groups is 3. The average molecular weight is 289 g/mol. The van der Waals surface area contributed by atoms with Gasteiger partial charge in [0.15, 0.2) is 0 Å². The van der Waals surface area contributed by atoms with Crippen LogP contribution in [0.15, 0.2) is 18.2 Å². The molecule has 3 N–H and O–H groups in total. The molecule has 0 atom stereocenters. The zero-order chi connectivity index (χ0) is 15.4. The molecule has 3 amide bonds. The summed E-state index contributed by atoms with van der Waals surface area (Å²) in [5.74, 6) is -1.72. The van der Waals surface area contributed by atoms with Crippen molar-refractivity contribution in [3.63, 3.8) is 0 Å². The Morgan fingerprint density at radius 2 is 1.90 bits per heavy atom. The number of amides is 3. The highest BCUT2D eigenvalue weighted by Gasteiger charge is 2.32. The normalized spacial score (nSPS) is 14.8. The van der Waals surface area contributed by atoms with Crippen molar-refractivity contribution < 1.29 is 14.4 Å². The topological polar surface area (TPSA) is 87.3 Å². The number of hydrogen-bond acceptors (Lipinski definition) is 3. The van der Waals surface area contributed by atoms with Crippen molar-refractivity contribution in [2.75, 3.05) is 5.32 Å². The molecule has 1 aliphatic heterocycles. The predicted molar refractivity (Wildman–Crippen MR) is 78.2 cm³/mol. The van der Waals surface area contributed by atoms with Gasteiger partial charge in [-0.15, -0.1) is 0 Å². The fourth-order valence-electron chi connectivity index (χ4n) is 2.36. The minimum Gasteiger partial charge on any atom is -0.326 e. The van der Waals surface area contributed by atoms with E-state index in [1.165, 1.54) is 0 Å². The van der Waals surface area contributed by atoms with Gasteiger partial charge in [0.05, 0.1) is 0 Å². The maximum absolute atomic E-state index is 12.0. The summed E-state index contributed by atoms with van der Waals surface area (Å²) in [6, 6.07) is 5.87. The van der Waals surface area contributed by atoms with Crippen LogP contribution < -0.4 is 16.2 Å². The minimum atomic E-state index is -0.779. The molecule has 0 unspecified atom stereocenters. The van der Waals surface area contributed by atoms with Crippen LogP contribution in [0.2, 0.25) is 0 Å². The molecule has 1 aliphatic rings. The summed E-state index contributed by atoms with van der Waals surface area (Å²) >= 11 is 0. The number of rotatable bonds is 5. The second-order valence-corrected chi connectivity index (χ2v) is 5.08. The van der Waals surface area contributed by atoms with E-state index in [-0.39, 0.29) is 30.6 Å². The van der Waals surface area contributed by atoms with E-state index in [0.717, 1.165) is 23.2 Å². The Morgan fingerprint density at radius 1 is 1.24 bits per heavy atom. The Labute approximate surface area is 123 Å². The Hall–Kier alpha value is -2.37. The summed E-state index contributed by atoms with van der Waals surface area (Å²) in [7, 11) is 0. The lowest BCUT2D eigenvalue weighted by Crippen LogP contribution is -2.28. The summed E-state index contributed by atoms with van der Waals surface area (Å²) in [6.07, 6.45) is 1.16. The van der Waals surface area contributed by atoms with Crippen LogP contribution in [0.4, 0.5) is 5.69 Å². The van der Waals surface area contributed by atoms with E-state index in [4.69, 9.17) is 0 Å². The molecule has 0 spiro atoms. The maximum atomic E-state index is 12.0. The summed E-state index contributed by atoms with van der Waals surface area (Å²) in [5.41, 5.74) is 7.39. The Morgan fingerprint density at radius 3 is 2.52 bits per heavy atom. The van der Waals surface area contributed by atoms with Crippen LogP contribution in [0.3, 0.4) is 0 Å². The van der Waals surface area contributed by atoms with Gasteiger partial charge in [-0.3, -0.25) is 25.2 Å². The van der Waals surface area contributed by atoms with Gasteiger partial charge in [-0.1, -0.05) is 25.1 Å². The molecular formula is C15H19N3O3. The van der Waals surface area contributed by atoms with Crippen molar-refractivity contribution in [3.8, 4) is 0 Å². The van der Waals surface area contributed by atoms with Crippen molar-refractivity contribution >= 4 is 23.4 Å². The number of benzene rings is 1. The van der Waals surface area contributed by atoms with Gasteiger partial charge >= 0.3 is 0 Å². The molecule has 1 fully saturated rings. The van der Waals surface area contributed by atoms with Crippen LogP contribution in [0.5, 0.6) is 0 Å². The van der Waals surface area contributed by atoms with E-state index < -0.39 is 5.92 Å². The third kappa shape index (κ3) is 3.39. The van der Waals surface area contributed by atoms with Gasteiger partial charge in [0.1, 0.15) is 5.92 Å². The van der Waals surface area contributed by atoms with Gasteiger partial charge in [-0.05, 0) is 30.9 Å². The first-order valence-corrected chi connectivity index (χ1v) is 7.01. The zero-order valence-corrected chi connectivity index (χ0v) is 12.2. The van der Waals surface area contributed by atoms with E-state index in [2.05, 4.69) is 16.2 Å². The van der Waals surface area contributed by atoms with Gasteiger partial charge in [0, 0.05) is 12.1 Å². The lowest BCUT2D eigenvalue weighted by Gasteiger charge is -2.13. The molecule has 1 aromatic carbocycles. The van der Waals surface area contributed by atoms with Crippen LogP contribution in [0.25, 0.3) is 0 Å². The van der Waals surface area contributed by atoms with Crippen molar-refractivity contribution in [1.29, 1.82) is 0 Å². The minimum absolute atomic E-state index is 0.128. The molecule has 0 bridgehead atoms. The first kappa shape index (κ1) is 15.0. The van der Waals surface area contributed by atoms with Crippen molar-refractivity contribution in [3.05, 3.63) is 29.3 Å². The molecule has 1 heterocycles. The van der Waals surface area contributed by atoms with Crippen LogP contribution in [-0.2, 0) is 20.8 Å². The van der Waals surface area contributed by atoms with E-state index in [9.17, 15) is 14.4 Å². The second-order valence-electron chi connectivity index (χ2n) is 5.08. The standard InChI is InChI=1S/C15H19N3O3/c1-3-10-6-4-5-9(2)13(10)16-12(19)8-7-11-14(20)17-18-15(11)21/h4-6,11H,3,7-8H2,1-2H3,(H,16,19)(H,17,20)(H,18,21). The largest absolute Gasteiger partial charge is 0.326 e. The lowest BCUT2D eigenvalue weighted by molar-refractivity contribution is -0.128. The number of para-hydroxylation sites is 1. The molecule has 6 heteroatoms. The molecule has 0 saturated carbocycles. The van der Waals surface area contributed by atoms with E-state index >= 15 is 0 Å². The van der Waals surface area contributed by atoms with E-state index in [0.29, 0.717) is 0 Å². The summed E-state index contributed by atoms with van der Waals surface area (Å²) in [6.45, 7) is 3.96. The Kier molecular flexibility index (Phi) is 4.57. The van der Waals surface area contributed by atoms with E-state index in [1.54, 1.807) is 0 Å². The summed E-state index contributed by atoms with van der Waals surface area (Å²) in [4.78, 5) is 34.8. The zero-order valence-electron chi connectivity index (χ0n) is 12.2. The van der Waals surface area contributed by atoms with Gasteiger partial charge in [0.25, 0.3) is 11.8 Å². The van der Waals surface area contributed by atoms with Crippen LogP contribution in [0.1, 0.15) is 30.9 Å². The average Bonchev–Trinajstić information content (AvgIpc) is 2.78. The molecule has 0 aromatic heterocycles. The quantitative estimate of drug-likeness (QED) is 0.708. The van der Waals surface area contributed by atoms with Crippen molar-refractivity contribution in [2.45, 2.75) is 33.1 Å². The number of hydrogen-bond donors (Lipinski definition) is 3.